The Hall–Kier alpha value is 1.56. The molecule has 0 aromatic rings. The Kier molecular flexibility index (Phi) is 42.5. The smallest absolute Gasteiger partial charge is 0.358 e. The first-order chi connectivity index (χ1) is 2.00. The van der Waals surface area contributed by atoms with Crippen molar-refractivity contribution in [3.8, 4) is 0 Å². The predicted octanol–water partition coefficient (Wildman–Crippen LogP) is 0.872. The second-order valence-corrected chi connectivity index (χ2v) is 2.60. The Bertz CT molecular complexity index is 34.5. The third kappa shape index (κ3) is 225. The van der Waals surface area contributed by atoms with Gasteiger partial charge in [0.15, 0.2) is 0 Å². The van der Waals surface area contributed by atoms with Gasteiger partial charge in [-0.05, 0) is 0 Å². The summed E-state index contributed by atoms with van der Waals surface area (Å²) >= 11 is 0. The first-order valence-electron chi connectivity index (χ1n) is 1.05. The molecule has 0 bridgehead atoms. The minimum Gasteiger partial charge on any atom is -0.358 e. The second-order valence-electron chi connectivity index (χ2n) is 0.868. The summed E-state index contributed by atoms with van der Waals surface area (Å²) in [6.45, 7) is 0.965. The Balaban J connectivity index is -0.0000000133. The van der Waals surface area contributed by atoms with E-state index in [0.717, 1.165) is 6.66 Å². The fourth-order valence-electron chi connectivity index (χ4n) is 0. The standard InChI is InChI=1S/CH6O3P.2CH3.Cu.HI/c1-5(2,3)4;;;;/h2-4H,1H3;2*1H3;;1H/q+1;2*-1;+2;. The van der Waals surface area contributed by atoms with Crippen LogP contribution in [0.3, 0.4) is 0 Å². The molecular formula is C3H13CuIO3P+. The summed E-state index contributed by atoms with van der Waals surface area (Å²) in [5, 5.41) is 0. The van der Waals surface area contributed by atoms with Crippen molar-refractivity contribution in [2.45, 2.75) is 0 Å². The number of halogens is 1. The van der Waals surface area contributed by atoms with Crippen LogP contribution in [0.5, 0.6) is 0 Å². The fraction of sp³-hybridized carbons (Fsp3) is 0.333. The third-order valence-corrected chi connectivity index (χ3v) is 0. The molecule has 0 amide bonds. The van der Waals surface area contributed by atoms with Crippen molar-refractivity contribution in [3.05, 3.63) is 14.9 Å². The van der Waals surface area contributed by atoms with Gasteiger partial charge in [0.1, 0.15) is 6.66 Å². The van der Waals surface area contributed by atoms with Crippen molar-refractivity contribution in [2.75, 3.05) is 6.66 Å². The monoisotopic (exact) mass is 318 g/mol. The van der Waals surface area contributed by atoms with Crippen molar-refractivity contribution in [1.82, 2.24) is 0 Å². The van der Waals surface area contributed by atoms with Crippen LogP contribution in [0.4, 0.5) is 0 Å². The van der Waals surface area contributed by atoms with Crippen LogP contribution in [0.2, 0.25) is 0 Å². The molecule has 0 aliphatic heterocycles. The van der Waals surface area contributed by atoms with Crippen molar-refractivity contribution in [3.63, 3.8) is 0 Å². The molecule has 1 radical (unpaired) electrons. The van der Waals surface area contributed by atoms with Gasteiger partial charge in [0, 0.05) is 0 Å². The van der Waals surface area contributed by atoms with Gasteiger partial charge < -0.3 is 14.9 Å². The number of hydrogen-bond donors (Lipinski definition) is 3. The van der Waals surface area contributed by atoms with Gasteiger partial charge in [0.05, 0.1) is 0 Å². The van der Waals surface area contributed by atoms with E-state index in [-0.39, 0.29) is 55.9 Å². The van der Waals surface area contributed by atoms with E-state index in [1.54, 1.807) is 0 Å². The summed E-state index contributed by atoms with van der Waals surface area (Å²) < 4.78 is 0. The molecule has 0 aliphatic rings. The minimum absolute atomic E-state index is 0. The van der Waals surface area contributed by atoms with E-state index in [9.17, 15) is 0 Å². The molecule has 0 saturated heterocycles. The van der Waals surface area contributed by atoms with Gasteiger partial charge in [-0.3, -0.25) is 0 Å². The van der Waals surface area contributed by atoms with Gasteiger partial charge >= 0.3 is 25.0 Å². The van der Waals surface area contributed by atoms with Crippen LogP contribution < -0.4 is 0 Å². The summed E-state index contributed by atoms with van der Waals surface area (Å²) in [6.07, 6.45) is 0. The summed E-state index contributed by atoms with van der Waals surface area (Å²) in [5.41, 5.74) is 0. The molecular weight excluding hydrogens is 305 g/mol. The summed E-state index contributed by atoms with van der Waals surface area (Å²) in [7, 11) is -3.39. The Morgan fingerprint density at radius 3 is 1.00 bits per heavy atom. The van der Waals surface area contributed by atoms with Crippen LogP contribution in [0.25, 0.3) is 0 Å². The molecule has 0 aliphatic carbocycles. The van der Waals surface area contributed by atoms with Gasteiger partial charge in [-0.2, -0.15) is 14.7 Å². The maximum Gasteiger partial charge on any atom is 2.00 e. The molecule has 0 unspecified atom stereocenters. The van der Waals surface area contributed by atoms with E-state index >= 15 is 0 Å². The molecule has 9 heavy (non-hydrogen) atoms. The third-order valence-electron chi connectivity index (χ3n) is 0. The molecule has 0 aromatic carbocycles. The molecule has 0 rings (SSSR count). The Morgan fingerprint density at radius 1 is 1.00 bits per heavy atom. The quantitative estimate of drug-likeness (QED) is 0.269. The zero-order chi connectivity index (χ0) is 4.50. The van der Waals surface area contributed by atoms with E-state index in [2.05, 4.69) is 0 Å². The number of hydrogen-bond acceptors (Lipinski definition) is 3. The molecule has 0 aromatic heterocycles. The van der Waals surface area contributed by atoms with E-state index in [4.69, 9.17) is 14.7 Å². The average Bonchev–Trinajstić information content (AvgIpc) is 0.722. The fourth-order valence-corrected chi connectivity index (χ4v) is 0. The van der Waals surface area contributed by atoms with Gasteiger partial charge in [-0.1, -0.05) is 0 Å². The van der Waals surface area contributed by atoms with E-state index < -0.39 is 7.94 Å². The molecule has 0 fully saturated rings. The van der Waals surface area contributed by atoms with Crippen LogP contribution in [-0.4, -0.2) is 21.3 Å². The molecule has 0 spiro atoms. The molecule has 65 valence electrons. The second kappa shape index (κ2) is 12.3. The van der Waals surface area contributed by atoms with E-state index in [1.165, 1.54) is 0 Å². The summed E-state index contributed by atoms with van der Waals surface area (Å²) in [6, 6.07) is 0. The van der Waals surface area contributed by atoms with Crippen LogP contribution in [0.1, 0.15) is 0 Å². The van der Waals surface area contributed by atoms with E-state index in [1.807, 2.05) is 0 Å². The van der Waals surface area contributed by atoms with Crippen LogP contribution in [-0.2, 0) is 17.1 Å². The largest absolute Gasteiger partial charge is 2.00 e. The predicted molar refractivity (Wildman–Crippen MR) is 47.7 cm³/mol. The van der Waals surface area contributed by atoms with Crippen molar-refractivity contribution in [1.29, 1.82) is 0 Å². The average molecular weight is 319 g/mol. The van der Waals surface area contributed by atoms with Crippen molar-refractivity contribution >= 4 is 31.9 Å². The Labute approximate surface area is 84.9 Å². The normalized spacial score (nSPS) is 6.67. The van der Waals surface area contributed by atoms with Gasteiger partial charge in [-0.15, -0.1) is 24.0 Å². The van der Waals surface area contributed by atoms with Gasteiger partial charge in [-0.25, -0.2) is 0 Å². The van der Waals surface area contributed by atoms with Crippen molar-refractivity contribution in [2.24, 2.45) is 0 Å². The van der Waals surface area contributed by atoms with Gasteiger partial charge in [0.2, 0.25) is 0 Å². The maximum absolute atomic E-state index is 7.74. The van der Waals surface area contributed by atoms with Crippen molar-refractivity contribution < 1.29 is 31.7 Å². The minimum atomic E-state index is -3.39. The topological polar surface area (TPSA) is 60.7 Å². The van der Waals surface area contributed by atoms with E-state index in [0.29, 0.717) is 0 Å². The summed E-state index contributed by atoms with van der Waals surface area (Å²) in [4.78, 5) is 23.2. The molecule has 0 heterocycles. The molecule has 6 heteroatoms. The molecule has 0 atom stereocenters. The first kappa shape index (κ1) is 31.2. The zero-order valence-electron chi connectivity index (χ0n) is 5.50. The number of rotatable bonds is 0. The first-order valence-corrected chi connectivity index (χ1v) is 3.14. The van der Waals surface area contributed by atoms with Gasteiger partial charge in [0.25, 0.3) is 0 Å². The zero-order valence-corrected chi connectivity index (χ0v) is 9.67. The SMILES string of the molecule is C[P+](O)(O)O.I.[CH3-].[CH3-].[Cu+2]. The Morgan fingerprint density at radius 2 is 1.00 bits per heavy atom. The molecule has 3 nitrogen and oxygen atoms in total. The van der Waals surface area contributed by atoms with Crippen LogP contribution >= 0.6 is 31.9 Å². The van der Waals surface area contributed by atoms with Crippen LogP contribution in [0, 0.1) is 14.9 Å². The van der Waals surface area contributed by atoms with Crippen LogP contribution in [0.15, 0.2) is 0 Å². The molecule has 3 N–H and O–H groups in total. The summed E-state index contributed by atoms with van der Waals surface area (Å²) in [5.74, 6) is 0. The maximum atomic E-state index is 7.74. The molecule has 0 saturated carbocycles.